The molecule has 0 aromatic heterocycles. The standard InChI is InChI=1S/C10H18O4.Ba/c1-6(10(2,3)4)5-7(8(11)12)9(13)14;/h6-7H,5H2,1-4H3,(H,11,12)(H,13,14);/q;+2/p-2. The van der Waals surface area contributed by atoms with Crippen LogP contribution in [0.15, 0.2) is 0 Å². The smallest absolute Gasteiger partial charge is 0.549 e. The molecule has 0 aliphatic carbocycles. The average Bonchev–Trinajstić information content (AvgIpc) is 1.96. The molecular weight excluding hydrogens is 321 g/mol. The molecule has 15 heavy (non-hydrogen) atoms. The van der Waals surface area contributed by atoms with Crippen molar-refractivity contribution in [1.29, 1.82) is 0 Å². The molecule has 0 amide bonds. The predicted octanol–water partition coefficient (Wildman–Crippen LogP) is -1.21. The molecule has 0 aliphatic heterocycles. The normalized spacial score (nSPS) is 13.1. The van der Waals surface area contributed by atoms with Gasteiger partial charge in [0.2, 0.25) is 0 Å². The Morgan fingerprint density at radius 2 is 1.47 bits per heavy atom. The van der Waals surface area contributed by atoms with Gasteiger partial charge in [0.15, 0.2) is 0 Å². The van der Waals surface area contributed by atoms with Crippen molar-refractivity contribution < 1.29 is 19.8 Å². The molecule has 1 unspecified atom stereocenters. The average molecular weight is 338 g/mol. The Balaban J connectivity index is 0. The van der Waals surface area contributed by atoms with Gasteiger partial charge in [0, 0.05) is 5.92 Å². The summed E-state index contributed by atoms with van der Waals surface area (Å²) < 4.78 is 0. The molecular formula is C10H16BaO4. The van der Waals surface area contributed by atoms with Crippen LogP contribution in [0.1, 0.15) is 34.1 Å². The molecule has 4 nitrogen and oxygen atoms in total. The van der Waals surface area contributed by atoms with Gasteiger partial charge < -0.3 is 19.8 Å². The summed E-state index contributed by atoms with van der Waals surface area (Å²) in [5, 5.41) is 20.9. The first-order valence-corrected chi connectivity index (χ1v) is 4.58. The monoisotopic (exact) mass is 338 g/mol. The number of carbonyl (C=O) groups excluding carboxylic acids is 2. The van der Waals surface area contributed by atoms with Gasteiger partial charge in [0.05, 0.1) is 11.9 Å². The minimum absolute atomic E-state index is 0. The molecule has 0 spiro atoms. The maximum atomic E-state index is 10.5. The van der Waals surface area contributed by atoms with E-state index >= 15 is 0 Å². The molecule has 0 aliphatic rings. The van der Waals surface area contributed by atoms with Crippen molar-refractivity contribution in [2.45, 2.75) is 34.1 Å². The van der Waals surface area contributed by atoms with Crippen LogP contribution in [0.4, 0.5) is 0 Å². The summed E-state index contributed by atoms with van der Waals surface area (Å²) in [6.45, 7) is 7.61. The van der Waals surface area contributed by atoms with Crippen LogP contribution in [0, 0.1) is 17.3 Å². The molecule has 0 bridgehead atoms. The summed E-state index contributed by atoms with van der Waals surface area (Å²) in [7, 11) is 0. The summed E-state index contributed by atoms with van der Waals surface area (Å²) in [5.41, 5.74) is -0.122. The third kappa shape index (κ3) is 6.63. The molecule has 0 aromatic rings. The number of carbonyl (C=O) groups is 2. The van der Waals surface area contributed by atoms with Crippen molar-refractivity contribution in [2.75, 3.05) is 0 Å². The number of hydrogen-bond donors (Lipinski definition) is 0. The fraction of sp³-hybridized carbons (Fsp3) is 0.800. The second-order valence-electron chi connectivity index (χ2n) is 4.69. The van der Waals surface area contributed by atoms with Crippen LogP contribution in [0.5, 0.6) is 0 Å². The summed E-state index contributed by atoms with van der Waals surface area (Å²) in [4.78, 5) is 20.9. The topological polar surface area (TPSA) is 80.3 Å². The number of hydrogen-bond acceptors (Lipinski definition) is 4. The summed E-state index contributed by atoms with van der Waals surface area (Å²) in [6.07, 6.45) is 0.0498. The third-order valence-corrected chi connectivity index (χ3v) is 2.64. The van der Waals surface area contributed by atoms with E-state index in [1.807, 2.05) is 27.7 Å². The second-order valence-corrected chi connectivity index (χ2v) is 4.69. The van der Waals surface area contributed by atoms with E-state index in [2.05, 4.69) is 0 Å². The molecule has 0 aromatic carbocycles. The molecule has 5 heteroatoms. The SMILES string of the molecule is CC(CC(C(=O)[O-])C(=O)[O-])C(C)(C)C.[Ba+2]. The minimum Gasteiger partial charge on any atom is -0.549 e. The molecule has 0 radical (unpaired) electrons. The summed E-state index contributed by atoms with van der Waals surface area (Å²) >= 11 is 0. The van der Waals surface area contributed by atoms with Crippen molar-refractivity contribution in [1.82, 2.24) is 0 Å². The Labute approximate surface area is 131 Å². The molecule has 82 valence electrons. The molecule has 1 atom stereocenters. The van der Waals surface area contributed by atoms with Gasteiger partial charge in [-0.05, 0) is 17.8 Å². The van der Waals surface area contributed by atoms with Gasteiger partial charge in [-0.25, -0.2) is 0 Å². The Kier molecular flexibility index (Phi) is 8.30. The number of carboxylic acid groups (broad SMARTS) is 2. The van der Waals surface area contributed by atoms with Gasteiger partial charge in [0.25, 0.3) is 0 Å². The molecule has 0 saturated heterocycles. The predicted molar refractivity (Wildman–Crippen MR) is 52.5 cm³/mol. The quantitative estimate of drug-likeness (QED) is 0.476. The van der Waals surface area contributed by atoms with Gasteiger partial charge in [-0.2, -0.15) is 0 Å². The van der Waals surface area contributed by atoms with Crippen molar-refractivity contribution in [3.63, 3.8) is 0 Å². The van der Waals surface area contributed by atoms with E-state index < -0.39 is 17.9 Å². The number of carboxylic acids is 2. The van der Waals surface area contributed by atoms with Crippen LogP contribution in [-0.4, -0.2) is 60.8 Å². The van der Waals surface area contributed by atoms with Gasteiger partial charge in [-0.3, -0.25) is 0 Å². The summed E-state index contributed by atoms with van der Waals surface area (Å²) in [5.74, 6) is -4.67. The maximum absolute atomic E-state index is 10.5. The minimum atomic E-state index is -1.57. The Morgan fingerprint density at radius 1 is 1.13 bits per heavy atom. The van der Waals surface area contributed by atoms with Crippen molar-refractivity contribution in [3.05, 3.63) is 0 Å². The third-order valence-electron chi connectivity index (χ3n) is 2.64. The Bertz CT molecular complexity index is 218. The van der Waals surface area contributed by atoms with Gasteiger partial charge in [-0.15, -0.1) is 0 Å². The van der Waals surface area contributed by atoms with Gasteiger partial charge in [0.1, 0.15) is 0 Å². The van der Waals surface area contributed by atoms with Crippen LogP contribution in [0.3, 0.4) is 0 Å². The van der Waals surface area contributed by atoms with E-state index in [4.69, 9.17) is 0 Å². The van der Waals surface area contributed by atoms with E-state index in [1.165, 1.54) is 0 Å². The first-order valence-electron chi connectivity index (χ1n) is 4.58. The van der Waals surface area contributed by atoms with E-state index in [0.717, 1.165) is 0 Å². The van der Waals surface area contributed by atoms with E-state index in [0.29, 0.717) is 0 Å². The first kappa shape index (κ1) is 17.9. The maximum Gasteiger partial charge on any atom is 2.00 e. The molecule has 0 saturated carbocycles. The van der Waals surface area contributed by atoms with E-state index in [1.54, 1.807) is 0 Å². The second kappa shape index (κ2) is 6.96. The summed E-state index contributed by atoms with van der Waals surface area (Å²) in [6, 6.07) is 0. The van der Waals surface area contributed by atoms with Crippen LogP contribution in [0.2, 0.25) is 0 Å². The van der Waals surface area contributed by atoms with Gasteiger partial charge >= 0.3 is 48.9 Å². The van der Waals surface area contributed by atoms with Crippen molar-refractivity contribution in [3.8, 4) is 0 Å². The molecule has 0 rings (SSSR count). The van der Waals surface area contributed by atoms with Crippen LogP contribution < -0.4 is 10.2 Å². The Hall–Kier alpha value is 0.511. The zero-order valence-electron chi connectivity index (χ0n) is 9.70. The zero-order valence-corrected chi connectivity index (χ0v) is 14.1. The van der Waals surface area contributed by atoms with Gasteiger partial charge in [-0.1, -0.05) is 27.7 Å². The number of aliphatic carboxylic acids is 2. The molecule has 0 heterocycles. The zero-order chi connectivity index (χ0) is 11.5. The van der Waals surface area contributed by atoms with Crippen LogP contribution in [0.25, 0.3) is 0 Å². The molecule has 0 N–H and O–H groups in total. The largest absolute Gasteiger partial charge is 2.00 e. The fourth-order valence-corrected chi connectivity index (χ4v) is 0.996. The fourth-order valence-electron chi connectivity index (χ4n) is 0.996. The Morgan fingerprint density at radius 3 is 1.67 bits per heavy atom. The van der Waals surface area contributed by atoms with Crippen LogP contribution in [-0.2, 0) is 9.59 Å². The molecule has 0 fully saturated rings. The van der Waals surface area contributed by atoms with E-state index in [-0.39, 0.29) is 66.6 Å². The van der Waals surface area contributed by atoms with Crippen molar-refractivity contribution in [2.24, 2.45) is 17.3 Å². The van der Waals surface area contributed by atoms with E-state index in [9.17, 15) is 19.8 Å². The van der Waals surface area contributed by atoms with Crippen molar-refractivity contribution >= 4 is 60.8 Å². The number of rotatable bonds is 4. The first-order chi connectivity index (χ1) is 6.16. The van der Waals surface area contributed by atoms with Crippen LogP contribution >= 0.6 is 0 Å².